The molecule has 7 heteroatoms. The first-order valence-electron chi connectivity index (χ1n) is 5.68. The summed E-state index contributed by atoms with van der Waals surface area (Å²) in [6, 6.07) is 10.0. The maximum absolute atomic E-state index is 8.25. The minimum absolute atomic E-state index is 0.388. The summed E-state index contributed by atoms with van der Waals surface area (Å²) in [4.78, 5) is 14.1. The molecular weight excluding hydrogens is 268 g/mol. The summed E-state index contributed by atoms with van der Waals surface area (Å²) in [5, 5.41) is 16.3. The molecule has 0 radical (unpaired) electrons. The molecule has 0 saturated heterocycles. The standard InChI is InChI=1S/C13H10O7/c1-8-6-9(2-4-11(8)16-19-14)15-10-3-5-12-13(7-10)18-20-17-12/h2-7,14H,1H3. The molecule has 1 N–H and O–H groups in total. The van der Waals surface area contributed by atoms with Gasteiger partial charge in [0.25, 0.3) is 0 Å². The summed E-state index contributed by atoms with van der Waals surface area (Å²) >= 11 is 0. The predicted molar refractivity (Wildman–Crippen MR) is 64.4 cm³/mol. The molecule has 1 aliphatic rings. The van der Waals surface area contributed by atoms with E-state index in [9.17, 15) is 0 Å². The monoisotopic (exact) mass is 278 g/mol. The van der Waals surface area contributed by atoms with Gasteiger partial charge in [-0.25, -0.2) is 5.26 Å². The van der Waals surface area contributed by atoms with Crippen molar-refractivity contribution in [1.82, 2.24) is 0 Å². The maximum atomic E-state index is 8.25. The average molecular weight is 278 g/mol. The van der Waals surface area contributed by atoms with Crippen molar-refractivity contribution in [2.24, 2.45) is 0 Å². The van der Waals surface area contributed by atoms with Crippen molar-refractivity contribution in [1.29, 1.82) is 0 Å². The first kappa shape index (κ1) is 12.5. The van der Waals surface area contributed by atoms with Crippen molar-refractivity contribution < 1.29 is 34.7 Å². The fourth-order valence-electron chi connectivity index (χ4n) is 1.73. The Labute approximate surface area is 113 Å². The second-order valence-corrected chi connectivity index (χ2v) is 4.03. The molecule has 0 spiro atoms. The van der Waals surface area contributed by atoms with Crippen LogP contribution in [0.5, 0.6) is 28.7 Å². The number of hydrogen-bond acceptors (Lipinski definition) is 7. The van der Waals surface area contributed by atoms with Gasteiger partial charge in [-0.1, -0.05) is 0 Å². The van der Waals surface area contributed by atoms with Crippen LogP contribution in [0, 0.1) is 6.92 Å². The van der Waals surface area contributed by atoms with Crippen LogP contribution in [-0.4, -0.2) is 5.26 Å². The van der Waals surface area contributed by atoms with Gasteiger partial charge in [0.05, 0.1) is 0 Å². The molecule has 2 aromatic carbocycles. The quantitative estimate of drug-likeness (QED) is 0.679. The third kappa shape index (κ3) is 2.45. The van der Waals surface area contributed by atoms with Crippen LogP contribution in [0.15, 0.2) is 36.4 Å². The lowest BCUT2D eigenvalue weighted by Crippen LogP contribution is -1.94. The van der Waals surface area contributed by atoms with Gasteiger partial charge < -0.3 is 9.62 Å². The lowest BCUT2D eigenvalue weighted by Gasteiger charge is -2.08. The second kappa shape index (κ2) is 5.25. The Kier molecular flexibility index (Phi) is 3.30. The van der Waals surface area contributed by atoms with Crippen molar-refractivity contribution in [3.63, 3.8) is 0 Å². The molecule has 1 aliphatic heterocycles. The van der Waals surface area contributed by atoms with Crippen LogP contribution in [0.3, 0.4) is 0 Å². The van der Waals surface area contributed by atoms with E-state index < -0.39 is 0 Å². The lowest BCUT2D eigenvalue weighted by atomic mass is 10.2. The van der Waals surface area contributed by atoms with E-state index in [1.54, 1.807) is 43.3 Å². The van der Waals surface area contributed by atoms with Gasteiger partial charge in [-0.2, -0.15) is 0 Å². The molecule has 20 heavy (non-hydrogen) atoms. The largest absolute Gasteiger partial charge is 0.457 e. The average Bonchev–Trinajstić information content (AvgIpc) is 2.89. The Morgan fingerprint density at radius 1 is 0.950 bits per heavy atom. The highest BCUT2D eigenvalue weighted by Crippen LogP contribution is 2.37. The fourth-order valence-corrected chi connectivity index (χ4v) is 1.73. The van der Waals surface area contributed by atoms with E-state index in [4.69, 9.17) is 19.8 Å². The highest BCUT2D eigenvalue weighted by molar-refractivity contribution is 5.48. The van der Waals surface area contributed by atoms with Gasteiger partial charge in [0, 0.05) is 11.1 Å². The van der Waals surface area contributed by atoms with E-state index in [1.165, 1.54) is 0 Å². The molecule has 7 nitrogen and oxygen atoms in total. The van der Waals surface area contributed by atoms with Crippen LogP contribution in [-0.2, 0) is 10.1 Å². The van der Waals surface area contributed by atoms with Gasteiger partial charge >= 0.3 is 0 Å². The number of aryl methyl sites for hydroxylation is 1. The van der Waals surface area contributed by atoms with Crippen LogP contribution < -0.4 is 19.4 Å². The zero-order valence-corrected chi connectivity index (χ0v) is 10.4. The Morgan fingerprint density at radius 3 is 2.50 bits per heavy atom. The SMILES string of the molecule is Cc1cc(Oc2ccc3c(c2)OOO3)ccc1OOO. The first-order valence-corrected chi connectivity index (χ1v) is 5.68. The van der Waals surface area contributed by atoms with Gasteiger partial charge in [0.1, 0.15) is 11.5 Å². The van der Waals surface area contributed by atoms with Crippen molar-refractivity contribution in [3.05, 3.63) is 42.0 Å². The number of ether oxygens (including phenoxy) is 1. The van der Waals surface area contributed by atoms with Crippen LogP contribution in [0.4, 0.5) is 0 Å². The normalized spacial score (nSPS) is 12.3. The summed E-state index contributed by atoms with van der Waals surface area (Å²) < 4.78 is 5.67. The van der Waals surface area contributed by atoms with Crippen molar-refractivity contribution >= 4 is 0 Å². The third-order valence-corrected chi connectivity index (χ3v) is 2.67. The molecule has 0 amide bonds. The Hall–Kier alpha value is -2.48. The van der Waals surface area contributed by atoms with E-state index in [0.717, 1.165) is 5.56 Å². The maximum Gasteiger partial charge on any atom is 0.219 e. The second-order valence-electron chi connectivity index (χ2n) is 4.03. The Morgan fingerprint density at radius 2 is 1.70 bits per heavy atom. The Balaban J connectivity index is 1.79. The van der Waals surface area contributed by atoms with Crippen LogP contribution in [0.2, 0.25) is 0 Å². The predicted octanol–water partition coefficient (Wildman–Crippen LogP) is 3.19. The molecule has 0 saturated carbocycles. The van der Waals surface area contributed by atoms with E-state index >= 15 is 0 Å². The summed E-state index contributed by atoms with van der Waals surface area (Å²) in [6.07, 6.45) is 0. The highest BCUT2D eigenvalue weighted by atomic mass is 17.5. The van der Waals surface area contributed by atoms with Crippen molar-refractivity contribution in [2.75, 3.05) is 0 Å². The van der Waals surface area contributed by atoms with Crippen LogP contribution >= 0.6 is 0 Å². The minimum Gasteiger partial charge on any atom is -0.457 e. The zero-order valence-electron chi connectivity index (χ0n) is 10.4. The highest BCUT2D eigenvalue weighted by Gasteiger charge is 2.17. The summed E-state index contributed by atoms with van der Waals surface area (Å²) in [7, 11) is 0. The third-order valence-electron chi connectivity index (χ3n) is 2.67. The summed E-state index contributed by atoms with van der Waals surface area (Å²) in [5.74, 6) is 2.46. The van der Waals surface area contributed by atoms with Gasteiger partial charge in [0.2, 0.25) is 11.5 Å². The number of benzene rings is 2. The van der Waals surface area contributed by atoms with Crippen molar-refractivity contribution in [3.8, 4) is 28.7 Å². The Bertz CT molecular complexity index is 626. The first-order chi connectivity index (χ1) is 9.76. The fraction of sp³-hybridized carbons (Fsp3) is 0.0769. The zero-order chi connectivity index (χ0) is 13.9. The summed E-state index contributed by atoms with van der Waals surface area (Å²) in [5.41, 5.74) is 0.737. The van der Waals surface area contributed by atoms with Gasteiger partial charge in [-0.05, 0) is 47.9 Å². The summed E-state index contributed by atoms with van der Waals surface area (Å²) in [6.45, 7) is 1.79. The van der Waals surface area contributed by atoms with E-state index in [1.807, 2.05) is 0 Å². The molecule has 3 rings (SSSR count). The molecule has 0 aliphatic carbocycles. The van der Waals surface area contributed by atoms with Gasteiger partial charge in [0.15, 0.2) is 5.75 Å². The topological polar surface area (TPSA) is 75.6 Å². The van der Waals surface area contributed by atoms with E-state index in [2.05, 4.69) is 15.0 Å². The molecule has 2 aromatic rings. The molecule has 1 heterocycles. The number of fused-ring (bicyclic) bond motifs is 1. The molecule has 0 atom stereocenters. The molecule has 0 aromatic heterocycles. The number of rotatable bonds is 4. The molecule has 0 unspecified atom stereocenters. The number of hydrogen-bond donors (Lipinski definition) is 1. The molecule has 104 valence electrons. The molecular formula is C13H10O7. The minimum atomic E-state index is 0.388. The van der Waals surface area contributed by atoms with Crippen molar-refractivity contribution in [2.45, 2.75) is 6.92 Å². The van der Waals surface area contributed by atoms with Gasteiger partial charge in [-0.15, -0.1) is 0 Å². The van der Waals surface area contributed by atoms with E-state index in [-0.39, 0.29) is 0 Å². The van der Waals surface area contributed by atoms with Crippen LogP contribution in [0.1, 0.15) is 5.56 Å². The van der Waals surface area contributed by atoms with E-state index in [0.29, 0.717) is 28.7 Å². The van der Waals surface area contributed by atoms with Gasteiger partial charge in [-0.3, -0.25) is 9.78 Å². The molecule has 0 fully saturated rings. The van der Waals surface area contributed by atoms with Crippen LogP contribution in [0.25, 0.3) is 0 Å². The smallest absolute Gasteiger partial charge is 0.219 e. The lowest BCUT2D eigenvalue weighted by molar-refractivity contribution is -0.439. The molecule has 0 bridgehead atoms.